The molecule has 1 aromatic heterocycles. The molecular formula is C20H36IN3O4. The van der Waals surface area contributed by atoms with Crippen LogP contribution in [-0.2, 0) is 20.6 Å². The molecule has 1 unspecified atom stereocenters. The standard InChI is InChI=1S/C20H35N3O4.HI/c1-2-24-13-5-10-21-20(23-12-9-18-7-3-15-26-18)22-11-6-14-25-17-19-8-4-16-27-19;/h3,7,15,19H,2,4-6,8-14,16-17H2,1H3,(H2,21,22,23);1H. The minimum atomic E-state index is 0. The van der Waals surface area contributed by atoms with Crippen LogP contribution in [0.25, 0.3) is 0 Å². The number of ether oxygens (including phenoxy) is 3. The van der Waals surface area contributed by atoms with E-state index >= 15 is 0 Å². The van der Waals surface area contributed by atoms with Gasteiger partial charge in [-0.3, -0.25) is 4.99 Å². The number of guanidine groups is 1. The topological polar surface area (TPSA) is 77.2 Å². The van der Waals surface area contributed by atoms with E-state index in [4.69, 9.17) is 18.6 Å². The normalized spacial score (nSPS) is 16.8. The smallest absolute Gasteiger partial charge is 0.191 e. The van der Waals surface area contributed by atoms with E-state index in [0.29, 0.717) is 19.3 Å². The number of aliphatic imine (C=N–C) groups is 1. The van der Waals surface area contributed by atoms with E-state index in [2.05, 4.69) is 15.6 Å². The number of rotatable bonds is 14. The van der Waals surface area contributed by atoms with Crippen molar-refractivity contribution in [3.63, 3.8) is 0 Å². The number of hydrogen-bond donors (Lipinski definition) is 2. The highest BCUT2D eigenvalue weighted by Gasteiger charge is 2.14. The minimum Gasteiger partial charge on any atom is -0.469 e. The molecule has 2 rings (SSSR count). The van der Waals surface area contributed by atoms with E-state index in [9.17, 15) is 0 Å². The maximum atomic E-state index is 5.69. The summed E-state index contributed by atoms with van der Waals surface area (Å²) in [4.78, 5) is 4.64. The Labute approximate surface area is 186 Å². The summed E-state index contributed by atoms with van der Waals surface area (Å²) in [6.07, 6.45) is 6.95. The molecule has 8 heteroatoms. The fourth-order valence-corrected chi connectivity index (χ4v) is 2.81. The van der Waals surface area contributed by atoms with Gasteiger partial charge in [-0.2, -0.15) is 0 Å². The van der Waals surface area contributed by atoms with Crippen LogP contribution in [0.3, 0.4) is 0 Å². The van der Waals surface area contributed by atoms with Crippen LogP contribution in [0.1, 0.15) is 38.4 Å². The second-order valence-corrected chi connectivity index (χ2v) is 6.53. The summed E-state index contributed by atoms with van der Waals surface area (Å²) in [5.41, 5.74) is 0. The Bertz CT molecular complexity index is 494. The highest BCUT2D eigenvalue weighted by Crippen LogP contribution is 2.11. The van der Waals surface area contributed by atoms with Crippen molar-refractivity contribution in [1.29, 1.82) is 0 Å². The maximum Gasteiger partial charge on any atom is 0.191 e. The Morgan fingerprint density at radius 1 is 1.21 bits per heavy atom. The first-order chi connectivity index (χ1) is 13.4. The third-order valence-corrected chi connectivity index (χ3v) is 4.25. The summed E-state index contributed by atoms with van der Waals surface area (Å²) >= 11 is 0. The Morgan fingerprint density at radius 2 is 2.07 bits per heavy atom. The average molecular weight is 509 g/mol. The van der Waals surface area contributed by atoms with Crippen LogP contribution in [0, 0.1) is 0 Å². The summed E-state index contributed by atoms with van der Waals surface area (Å²) in [5.74, 6) is 1.80. The van der Waals surface area contributed by atoms with Crippen molar-refractivity contribution in [2.75, 3.05) is 52.7 Å². The van der Waals surface area contributed by atoms with Gasteiger partial charge in [-0.1, -0.05) is 0 Å². The predicted octanol–water partition coefficient (Wildman–Crippen LogP) is 2.99. The van der Waals surface area contributed by atoms with Gasteiger partial charge in [0, 0.05) is 52.5 Å². The molecule has 28 heavy (non-hydrogen) atoms. The molecule has 0 aromatic carbocycles. The average Bonchev–Trinajstić information content (AvgIpc) is 3.37. The molecule has 0 aliphatic carbocycles. The molecule has 1 saturated heterocycles. The Morgan fingerprint density at radius 3 is 2.82 bits per heavy atom. The molecule has 1 aromatic rings. The van der Waals surface area contributed by atoms with Crippen LogP contribution in [0.15, 0.2) is 27.8 Å². The summed E-state index contributed by atoms with van der Waals surface area (Å²) in [5, 5.41) is 6.72. The van der Waals surface area contributed by atoms with Crippen LogP contribution in [0.2, 0.25) is 0 Å². The maximum absolute atomic E-state index is 5.69. The first kappa shape index (κ1) is 25.2. The van der Waals surface area contributed by atoms with Crippen molar-refractivity contribution < 1.29 is 18.6 Å². The zero-order valence-corrected chi connectivity index (χ0v) is 19.3. The van der Waals surface area contributed by atoms with Gasteiger partial charge in [0.15, 0.2) is 5.96 Å². The van der Waals surface area contributed by atoms with E-state index in [1.54, 1.807) is 6.26 Å². The van der Waals surface area contributed by atoms with E-state index in [0.717, 1.165) is 83.3 Å². The van der Waals surface area contributed by atoms with Crippen LogP contribution >= 0.6 is 24.0 Å². The first-order valence-corrected chi connectivity index (χ1v) is 10.2. The van der Waals surface area contributed by atoms with Gasteiger partial charge in [-0.15, -0.1) is 24.0 Å². The second-order valence-electron chi connectivity index (χ2n) is 6.53. The van der Waals surface area contributed by atoms with Crippen LogP contribution in [-0.4, -0.2) is 64.7 Å². The van der Waals surface area contributed by atoms with Gasteiger partial charge in [0.2, 0.25) is 0 Å². The first-order valence-electron chi connectivity index (χ1n) is 10.2. The SMILES string of the molecule is CCOCCCNC(=NCCCOCC1CCCO1)NCCc1ccco1.I. The quantitative estimate of drug-likeness (QED) is 0.174. The Balaban J connectivity index is 0.00000392. The largest absolute Gasteiger partial charge is 0.469 e. The molecular weight excluding hydrogens is 473 g/mol. The lowest BCUT2D eigenvalue weighted by molar-refractivity contribution is 0.0171. The summed E-state index contributed by atoms with van der Waals surface area (Å²) in [6.45, 7) is 8.17. The van der Waals surface area contributed by atoms with Gasteiger partial charge in [-0.05, 0) is 44.7 Å². The lowest BCUT2D eigenvalue weighted by atomic mass is 10.2. The van der Waals surface area contributed by atoms with Gasteiger partial charge in [-0.25, -0.2) is 0 Å². The van der Waals surface area contributed by atoms with Crippen LogP contribution < -0.4 is 10.6 Å². The van der Waals surface area contributed by atoms with E-state index in [-0.39, 0.29) is 24.0 Å². The third-order valence-electron chi connectivity index (χ3n) is 4.25. The fourth-order valence-electron chi connectivity index (χ4n) is 2.81. The minimum absolute atomic E-state index is 0. The Kier molecular flexibility index (Phi) is 15.3. The molecule has 1 aliphatic heterocycles. The second kappa shape index (κ2) is 17.1. The molecule has 0 radical (unpaired) electrons. The van der Waals surface area contributed by atoms with Crippen LogP contribution in [0.5, 0.6) is 0 Å². The third kappa shape index (κ3) is 11.9. The van der Waals surface area contributed by atoms with Gasteiger partial charge >= 0.3 is 0 Å². The molecule has 1 fully saturated rings. The lowest BCUT2D eigenvalue weighted by Gasteiger charge is -2.13. The van der Waals surface area contributed by atoms with Gasteiger partial charge in [0.25, 0.3) is 0 Å². The predicted molar refractivity (Wildman–Crippen MR) is 122 cm³/mol. The molecule has 0 saturated carbocycles. The van der Waals surface area contributed by atoms with E-state index < -0.39 is 0 Å². The molecule has 0 spiro atoms. The van der Waals surface area contributed by atoms with Crippen molar-refractivity contribution in [2.24, 2.45) is 4.99 Å². The van der Waals surface area contributed by atoms with E-state index in [1.807, 2.05) is 19.1 Å². The van der Waals surface area contributed by atoms with Crippen molar-refractivity contribution in [1.82, 2.24) is 10.6 Å². The van der Waals surface area contributed by atoms with Gasteiger partial charge in [0.1, 0.15) is 5.76 Å². The molecule has 0 amide bonds. The monoisotopic (exact) mass is 509 g/mol. The molecule has 162 valence electrons. The number of nitrogens with zero attached hydrogens (tertiary/aromatic N) is 1. The van der Waals surface area contributed by atoms with Crippen molar-refractivity contribution >= 4 is 29.9 Å². The summed E-state index contributed by atoms with van der Waals surface area (Å²) < 4.78 is 22.0. The molecule has 7 nitrogen and oxygen atoms in total. The van der Waals surface area contributed by atoms with Crippen molar-refractivity contribution in [2.45, 2.75) is 45.1 Å². The Hall–Kier alpha value is -0.840. The highest BCUT2D eigenvalue weighted by atomic mass is 127. The van der Waals surface area contributed by atoms with Gasteiger partial charge < -0.3 is 29.3 Å². The molecule has 1 aliphatic rings. The number of halogens is 1. The van der Waals surface area contributed by atoms with Crippen molar-refractivity contribution in [3.05, 3.63) is 24.2 Å². The molecule has 2 N–H and O–H groups in total. The fraction of sp³-hybridized carbons (Fsp3) is 0.750. The highest BCUT2D eigenvalue weighted by molar-refractivity contribution is 14.0. The number of nitrogens with one attached hydrogen (secondary N) is 2. The van der Waals surface area contributed by atoms with Gasteiger partial charge in [0.05, 0.1) is 19.0 Å². The number of hydrogen-bond acceptors (Lipinski definition) is 5. The molecule has 2 heterocycles. The summed E-state index contributed by atoms with van der Waals surface area (Å²) in [7, 11) is 0. The number of furan rings is 1. The van der Waals surface area contributed by atoms with E-state index in [1.165, 1.54) is 0 Å². The lowest BCUT2D eigenvalue weighted by Crippen LogP contribution is -2.39. The molecule has 0 bridgehead atoms. The van der Waals surface area contributed by atoms with Crippen molar-refractivity contribution in [3.8, 4) is 0 Å². The molecule has 1 atom stereocenters. The van der Waals surface area contributed by atoms with Crippen LogP contribution in [0.4, 0.5) is 0 Å². The summed E-state index contributed by atoms with van der Waals surface area (Å²) in [6, 6.07) is 3.90. The zero-order chi connectivity index (χ0) is 19.0. The zero-order valence-electron chi connectivity index (χ0n) is 17.0.